The molecule has 4 heteroatoms. The highest BCUT2D eigenvalue weighted by atomic mass is 15.8. The fourth-order valence-corrected chi connectivity index (χ4v) is 2.82. The fraction of sp³-hybridized carbons (Fsp3) is 0.368. The number of rotatable bonds is 3. The molecule has 23 heavy (non-hydrogen) atoms. The van der Waals surface area contributed by atoms with Crippen LogP contribution in [0.15, 0.2) is 53.8 Å². The maximum absolute atomic E-state index is 4.64. The second-order valence-corrected chi connectivity index (χ2v) is 6.81. The molecule has 2 heterocycles. The third-order valence-corrected chi connectivity index (χ3v) is 3.96. The van der Waals surface area contributed by atoms with Crippen molar-refractivity contribution in [3.8, 4) is 11.3 Å². The lowest BCUT2D eigenvalue weighted by Crippen LogP contribution is -2.50. The average molecular weight is 308 g/mol. The van der Waals surface area contributed by atoms with Gasteiger partial charge in [0.15, 0.2) is 0 Å². The Bertz CT molecular complexity index is 688. The maximum Gasteiger partial charge on any atom is 0.0888 e. The van der Waals surface area contributed by atoms with Crippen LogP contribution < -0.4 is 5.01 Å². The van der Waals surface area contributed by atoms with Crippen LogP contribution in [0.5, 0.6) is 0 Å². The smallest absolute Gasteiger partial charge is 0.0888 e. The summed E-state index contributed by atoms with van der Waals surface area (Å²) in [5.41, 5.74) is 3.19. The Morgan fingerprint density at radius 1 is 1.09 bits per heavy atom. The van der Waals surface area contributed by atoms with Crippen molar-refractivity contribution in [1.29, 1.82) is 0 Å². The Morgan fingerprint density at radius 2 is 1.91 bits per heavy atom. The zero-order chi connectivity index (χ0) is 16.4. The van der Waals surface area contributed by atoms with E-state index in [0.717, 1.165) is 23.4 Å². The summed E-state index contributed by atoms with van der Waals surface area (Å²) in [6.45, 7) is 8.73. The largest absolute Gasteiger partial charge is 0.261 e. The SMILES string of the molecule is CCC1C=NN(C(C)(C)C)N1c1cccc(-c2ccccn2)c1. The molecule has 0 aliphatic carbocycles. The van der Waals surface area contributed by atoms with Crippen LogP contribution in [-0.4, -0.2) is 27.9 Å². The van der Waals surface area contributed by atoms with E-state index >= 15 is 0 Å². The first-order valence-corrected chi connectivity index (χ1v) is 8.15. The van der Waals surface area contributed by atoms with Crippen molar-refractivity contribution >= 4 is 11.9 Å². The van der Waals surface area contributed by atoms with Gasteiger partial charge in [-0.1, -0.05) is 25.1 Å². The monoisotopic (exact) mass is 308 g/mol. The summed E-state index contributed by atoms with van der Waals surface area (Å²) in [7, 11) is 0. The number of hydrogen-bond donors (Lipinski definition) is 0. The van der Waals surface area contributed by atoms with Crippen LogP contribution in [0, 0.1) is 0 Å². The minimum absolute atomic E-state index is 0.0680. The standard InChI is InChI=1S/C19H24N4/c1-5-16-14-21-23(19(2,3)4)22(16)17-10-8-9-15(13-17)18-11-6-7-12-20-18/h6-14,16H,5H2,1-4H3. The van der Waals surface area contributed by atoms with Gasteiger partial charge in [0, 0.05) is 11.8 Å². The van der Waals surface area contributed by atoms with Crippen LogP contribution in [0.3, 0.4) is 0 Å². The molecule has 0 radical (unpaired) electrons. The van der Waals surface area contributed by atoms with Gasteiger partial charge in [-0.15, -0.1) is 0 Å². The molecule has 4 nitrogen and oxygen atoms in total. The Labute approximate surface area is 138 Å². The lowest BCUT2D eigenvalue weighted by molar-refractivity contribution is 0.133. The second kappa shape index (κ2) is 6.03. The third kappa shape index (κ3) is 3.07. The zero-order valence-electron chi connectivity index (χ0n) is 14.3. The lowest BCUT2D eigenvalue weighted by Gasteiger charge is -2.41. The summed E-state index contributed by atoms with van der Waals surface area (Å²) in [5.74, 6) is 0. The Kier molecular flexibility index (Phi) is 4.07. The van der Waals surface area contributed by atoms with Gasteiger partial charge in [-0.3, -0.25) is 9.99 Å². The van der Waals surface area contributed by atoms with Crippen molar-refractivity contribution < 1.29 is 0 Å². The van der Waals surface area contributed by atoms with Crippen LogP contribution in [0.4, 0.5) is 5.69 Å². The highest BCUT2D eigenvalue weighted by Gasteiger charge is 2.34. The number of benzene rings is 1. The minimum atomic E-state index is -0.0680. The molecule has 2 aromatic rings. The van der Waals surface area contributed by atoms with Gasteiger partial charge in [0.05, 0.1) is 29.2 Å². The van der Waals surface area contributed by atoms with Gasteiger partial charge >= 0.3 is 0 Å². The molecule has 1 aliphatic heterocycles. The van der Waals surface area contributed by atoms with Crippen molar-refractivity contribution in [2.75, 3.05) is 5.01 Å². The van der Waals surface area contributed by atoms with E-state index in [0.29, 0.717) is 0 Å². The van der Waals surface area contributed by atoms with Crippen molar-refractivity contribution in [2.45, 2.75) is 45.7 Å². The molecule has 1 aliphatic rings. The molecular weight excluding hydrogens is 284 g/mol. The van der Waals surface area contributed by atoms with Crippen molar-refractivity contribution in [2.24, 2.45) is 5.10 Å². The van der Waals surface area contributed by atoms with Crippen LogP contribution in [0.1, 0.15) is 34.1 Å². The van der Waals surface area contributed by atoms with E-state index in [-0.39, 0.29) is 11.6 Å². The van der Waals surface area contributed by atoms with Crippen LogP contribution >= 0.6 is 0 Å². The predicted molar refractivity (Wildman–Crippen MR) is 96.3 cm³/mol. The van der Waals surface area contributed by atoms with E-state index in [9.17, 15) is 0 Å². The molecule has 120 valence electrons. The summed E-state index contributed by atoms with van der Waals surface area (Å²) in [4.78, 5) is 4.46. The molecule has 0 fully saturated rings. The molecule has 0 N–H and O–H groups in total. The molecule has 3 rings (SSSR count). The zero-order valence-corrected chi connectivity index (χ0v) is 14.3. The number of hydrogen-bond acceptors (Lipinski definition) is 4. The molecule has 1 aromatic carbocycles. The van der Waals surface area contributed by atoms with Gasteiger partial charge < -0.3 is 0 Å². The van der Waals surface area contributed by atoms with E-state index in [1.165, 1.54) is 0 Å². The molecular formula is C19H24N4. The number of aromatic nitrogens is 1. The van der Waals surface area contributed by atoms with Gasteiger partial charge in [0.1, 0.15) is 0 Å². The number of anilines is 1. The Hall–Kier alpha value is -2.36. The number of pyridine rings is 1. The summed E-state index contributed by atoms with van der Waals surface area (Å²) >= 11 is 0. The first-order chi connectivity index (χ1) is 11.0. The highest BCUT2D eigenvalue weighted by molar-refractivity contribution is 5.75. The number of nitrogens with zero attached hydrogens (tertiary/aromatic N) is 4. The van der Waals surface area contributed by atoms with Crippen molar-refractivity contribution in [3.63, 3.8) is 0 Å². The summed E-state index contributed by atoms with van der Waals surface area (Å²) in [6, 6.07) is 14.8. The normalized spacial score (nSPS) is 17.8. The Balaban J connectivity index is 2.00. The molecule has 0 saturated carbocycles. The van der Waals surface area contributed by atoms with E-state index in [4.69, 9.17) is 0 Å². The molecule has 1 atom stereocenters. The molecule has 1 unspecified atom stereocenters. The Morgan fingerprint density at radius 3 is 2.57 bits per heavy atom. The second-order valence-electron chi connectivity index (χ2n) is 6.81. The number of hydrazine groups is 1. The first-order valence-electron chi connectivity index (χ1n) is 8.15. The lowest BCUT2D eigenvalue weighted by atomic mass is 10.1. The summed E-state index contributed by atoms with van der Waals surface area (Å²) < 4.78 is 0. The van der Waals surface area contributed by atoms with Crippen LogP contribution in [0.25, 0.3) is 11.3 Å². The molecule has 1 aromatic heterocycles. The van der Waals surface area contributed by atoms with E-state index in [2.05, 4.69) is 72.2 Å². The van der Waals surface area contributed by atoms with Gasteiger partial charge in [-0.25, -0.2) is 0 Å². The van der Waals surface area contributed by atoms with E-state index in [1.54, 1.807) is 0 Å². The van der Waals surface area contributed by atoms with E-state index in [1.807, 2.05) is 30.6 Å². The van der Waals surface area contributed by atoms with E-state index < -0.39 is 0 Å². The average Bonchev–Trinajstić information content (AvgIpc) is 3.00. The third-order valence-electron chi connectivity index (χ3n) is 3.96. The van der Waals surface area contributed by atoms with Gasteiger partial charge in [0.25, 0.3) is 0 Å². The van der Waals surface area contributed by atoms with Crippen molar-refractivity contribution in [1.82, 2.24) is 10.1 Å². The van der Waals surface area contributed by atoms with Crippen LogP contribution in [-0.2, 0) is 0 Å². The molecule has 0 spiro atoms. The highest BCUT2D eigenvalue weighted by Crippen LogP contribution is 2.32. The predicted octanol–water partition coefficient (Wildman–Crippen LogP) is 4.35. The quantitative estimate of drug-likeness (QED) is 0.845. The number of hydrazone groups is 1. The molecule has 0 bridgehead atoms. The van der Waals surface area contributed by atoms with Crippen LogP contribution in [0.2, 0.25) is 0 Å². The fourth-order valence-electron chi connectivity index (χ4n) is 2.82. The van der Waals surface area contributed by atoms with Crippen molar-refractivity contribution in [3.05, 3.63) is 48.7 Å². The minimum Gasteiger partial charge on any atom is -0.261 e. The topological polar surface area (TPSA) is 31.7 Å². The molecule has 0 amide bonds. The molecule has 0 saturated heterocycles. The maximum atomic E-state index is 4.64. The summed E-state index contributed by atoms with van der Waals surface area (Å²) in [5, 5.41) is 9.00. The van der Waals surface area contributed by atoms with Gasteiger partial charge in [0.2, 0.25) is 0 Å². The summed E-state index contributed by atoms with van der Waals surface area (Å²) in [6.07, 6.45) is 4.89. The van der Waals surface area contributed by atoms with Gasteiger partial charge in [-0.05, 0) is 51.5 Å². The first kappa shape index (κ1) is 15.5. The van der Waals surface area contributed by atoms with Gasteiger partial charge in [-0.2, -0.15) is 10.2 Å².